The number of ether oxygens (including phenoxy) is 1. The Bertz CT molecular complexity index is 311. The molecule has 0 bridgehead atoms. The highest BCUT2D eigenvalue weighted by molar-refractivity contribution is 5.76. The molecule has 1 rings (SSSR count). The van der Waals surface area contributed by atoms with E-state index in [4.69, 9.17) is 9.15 Å². The molecule has 1 aromatic heterocycles. The molecule has 0 aromatic carbocycles. The van der Waals surface area contributed by atoms with Gasteiger partial charge in [0.2, 0.25) is 0 Å². The molecule has 0 amide bonds. The van der Waals surface area contributed by atoms with E-state index in [9.17, 15) is 9.59 Å². The fourth-order valence-electron chi connectivity index (χ4n) is 0.787. The number of carbonyl (C=O) groups excluding carboxylic acids is 2. The third kappa shape index (κ3) is 1.53. The molecule has 0 unspecified atom stereocenters. The van der Waals surface area contributed by atoms with Crippen LogP contribution in [0, 0.1) is 6.92 Å². The van der Waals surface area contributed by atoms with Crippen molar-refractivity contribution < 1.29 is 18.7 Å². The van der Waals surface area contributed by atoms with Gasteiger partial charge in [-0.25, -0.2) is 0 Å². The Morgan fingerprint density at radius 3 is 2.75 bits per heavy atom. The lowest BCUT2D eigenvalue weighted by atomic mass is 10.3. The highest BCUT2D eigenvalue weighted by atomic mass is 16.5. The molecule has 0 spiro atoms. The van der Waals surface area contributed by atoms with Crippen molar-refractivity contribution in [2.75, 3.05) is 0 Å². The summed E-state index contributed by atoms with van der Waals surface area (Å²) in [6.07, 6.45) is 1.81. The van der Waals surface area contributed by atoms with Crippen molar-refractivity contribution in [1.82, 2.24) is 0 Å². The van der Waals surface area contributed by atoms with Crippen LogP contribution in [-0.4, -0.2) is 12.3 Å². The Kier molecular flexibility index (Phi) is 2.28. The first kappa shape index (κ1) is 8.52. The standard InChI is InChI=1S/C8H8O4/c1-5-7(3-9)11-4-8(5)12-6(2)10/h3-4H,1-2H3. The minimum Gasteiger partial charge on any atom is -0.457 e. The van der Waals surface area contributed by atoms with Crippen LogP contribution in [0.4, 0.5) is 0 Å². The van der Waals surface area contributed by atoms with Crippen molar-refractivity contribution in [1.29, 1.82) is 0 Å². The van der Waals surface area contributed by atoms with E-state index in [-0.39, 0.29) is 5.76 Å². The molecule has 0 radical (unpaired) electrons. The maximum atomic E-state index is 10.5. The van der Waals surface area contributed by atoms with Crippen molar-refractivity contribution in [2.24, 2.45) is 0 Å². The van der Waals surface area contributed by atoms with Crippen LogP contribution in [0.25, 0.3) is 0 Å². The summed E-state index contributed by atoms with van der Waals surface area (Å²) >= 11 is 0. The predicted octanol–water partition coefficient (Wildman–Crippen LogP) is 1.33. The molecule has 1 aromatic rings. The van der Waals surface area contributed by atoms with E-state index in [1.807, 2.05) is 0 Å². The fourth-order valence-corrected chi connectivity index (χ4v) is 0.787. The number of esters is 1. The van der Waals surface area contributed by atoms with E-state index < -0.39 is 5.97 Å². The molecule has 0 N–H and O–H groups in total. The number of hydrogen-bond acceptors (Lipinski definition) is 4. The van der Waals surface area contributed by atoms with Crippen molar-refractivity contribution in [3.63, 3.8) is 0 Å². The van der Waals surface area contributed by atoms with Gasteiger partial charge >= 0.3 is 5.97 Å². The van der Waals surface area contributed by atoms with Crippen molar-refractivity contribution in [3.8, 4) is 5.75 Å². The molecule has 0 atom stereocenters. The molecule has 64 valence electrons. The maximum absolute atomic E-state index is 10.5. The molecule has 4 nitrogen and oxygen atoms in total. The van der Waals surface area contributed by atoms with Gasteiger partial charge in [-0.3, -0.25) is 9.59 Å². The predicted molar refractivity (Wildman–Crippen MR) is 40.1 cm³/mol. The van der Waals surface area contributed by atoms with Crippen molar-refractivity contribution >= 4 is 12.3 Å². The van der Waals surface area contributed by atoms with Gasteiger partial charge in [-0.05, 0) is 6.92 Å². The third-order valence-corrected chi connectivity index (χ3v) is 1.39. The Morgan fingerprint density at radius 2 is 2.33 bits per heavy atom. The minimum atomic E-state index is -0.434. The third-order valence-electron chi connectivity index (χ3n) is 1.39. The summed E-state index contributed by atoms with van der Waals surface area (Å²) in [5.74, 6) is 0.0483. The van der Waals surface area contributed by atoms with Gasteiger partial charge in [-0.2, -0.15) is 0 Å². The van der Waals surface area contributed by atoms with Crippen molar-refractivity contribution in [3.05, 3.63) is 17.6 Å². The monoisotopic (exact) mass is 168 g/mol. The average Bonchev–Trinajstić information content (AvgIpc) is 2.32. The Morgan fingerprint density at radius 1 is 1.67 bits per heavy atom. The van der Waals surface area contributed by atoms with Crippen LogP contribution < -0.4 is 4.74 Å². The lowest BCUT2D eigenvalue weighted by Gasteiger charge is -1.95. The quantitative estimate of drug-likeness (QED) is 0.493. The Balaban J connectivity index is 2.94. The van der Waals surface area contributed by atoms with E-state index >= 15 is 0 Å². The van der Waals surface area contributed by atoms with Crippen LogP contribution in [0.1, 0.15) is 23.0 Å². The summed E-state index contributed by atoms with van der Waals surface area (Å²) in [5, 5.41) is 0. The van der Waals surface area contributed by atoms with E-state index in [1.165, 1.54) is 13.2 Å². The zero-order valence-electron chi connectivity index (χ0n) is 6.79. The van der Waals surface area contributed by atoms with Crippen LogP contribution in [0.3, 0.4) is 0 Å². The van der Waals surface area contributed by atoms with Gasteiger partial charge in [0.05, 0.1) is 0 Å². The molecule has 0 aliphatic rings. The molecular formula is C8H8O4. The number of rotatable bonds is 2. The largest absolute Gasteiger partial charge is 0.457 e. The lowest BCUT2D eigenvalue weighted by Crippen LogP contribution is -2.01. The Labute approximate surface area is 69.1 Å². The number of aldehydes is 1. The van der Waals surface area contributed by atoms with Crippen LogP contribution in [0.2, 0.25) is 0 Å². The van der Waals surface area contributed by atoms with Crippen molar-refractivity contribution in [2.45, 2.75) is 13.8 Å². The molecule has 4 heteroatoms. The van der Waals surface area contributed by atoms with E-state index in [0.717, 1.165) is 0 Å². The van der Waals surface area contributed by atoms with Gasteiger partial charge < -0.3 is 9.15 Å². The first-order valence-corrected chi connectivity index (χ1v) is 3.37. The van der Waals surface area contributed by atoms with Crippen LogP contribution in [0.5, 0.6) is 5.75 Å². The summed E-state index contributed by atoms with van der Waals surface area (Å²) in [6.45, 7) is 2.93. The Hall–Kier alpha value is -1.58. The smallest absolute Gasteiger partial charge is 0.308 e. The topological polar surface area (TPSA) is 56.5 Å². The second-order valence-corrected chi connectivity index (χ2v) is 2.30. The summed E-state index contributed by atoms with van der Waals surface area (Å²) in [4.78, 5) is 20.8. The lowest BCUT2D eigenvalue weighted by molar-refractivity contribution is -0.131. The molecule has 0 aliphatic heterocycles. The number of hydrogen-bond donors (Lipinski definition) is 0. The molecule has 0 aliphatic carbocycles. The number of furan rings is 1. The highest BCUT2D eigenvalue weighted by Gasteiger charge is 2.10. The van der Waals surface area contributed by atoms with Gasteiger partial charge in [0, 0.05) is 12.5 Å². The summed E-state index contributed by atoms with van der Waals surface area (Å²) in [6, 6.07) is 0. The number of carbonyl (C=O) groups is 2. The van der Waals surface area contributed by atoms with E-state index in [0.29, 0.717) is 17.6 Å². The molecule has 1 heterocycles. The van der Waals surface area contributed by atoms with E-state index in [1.54, 1.807) is 6.92 Å². The summed E-state index contributed by atoms with van der Waals surface area (Å²) in [7, 11) is 0. The summed E-state index contributed by atoms with van der Waals surface area (Å²) < 4.78 is 9.54. The summed E-state index contributed by atoms with van der Waals surface area (Å²) in [5.41, 5.74) is 0.542. The molecule has 12 heavy (non-hydrogen) atoms. The first-order valence-electron chi connectivity index (χ1n) is 3.37. The van der Waals surface area contributed by atoms with Crippen LogP contribution in [0.15, 0.2) is 10.7 Å². The molecule has 0 saturated heterocycles. The molecule has 0 saturated carbocycles. The van der Waals surface area contributed by atoms with Gasteiger partial charge in [-0.15, -0.1) is 0 Å². The normalized spacial score (nSPS) is 9.50. The molecule has 0 fully saturated rings. The average molecular weight is 168 g/mol. The van der Waals surface area contributed by atoms with Gasteiger partial charge in [0.1, 0.15) is 6.26 Å². The SMILES string of the molecule is CC(=O)Oc1coc(C=O)c1C. The van der Waals surface area contributed by atoms with Gasteiger partial charge in [0.15, 0.2) is 17.8 Å². The zero-order valence-corrected chi connectivity index (χ0v) is 6.79. The second-order valence-electron chi connectivity index (χ2n) is 2.30. The maximum Gasteiger partial charge on any atom is 0.308 e. The van der Waals surface area contributed by atoms with Crippen LogP contribution in [-0.2, 0) is 4.79 Å². The van der Waals surface area contributed by atoms with Gasteiger partial charge in [-0.1, -0.05) is 0 Å². The second kappa shape index (κ2) is 3.21. The highest BCUT2D eigenvalue weighted by Crippen LogP contribution is 2.22. The molecular weight excluding hydrogens is 160 g/mol. The minimum absolute atomic E-state index is 0.186. The van der Waals surface area contributed by atoms with Crippen LogP contribution >= 0.6 is 0 Å². The fraction of sp³-hybridized carbons (Fsp3) is 0.250. The van der Waals surface area contributed by atoms with E-state index in [2.05, 4.69) is 0 Å². The first-order chi connectivity index (χ1) is 5.65. The zero-order chi connectivity index (χ0) is 9.14. The van der Waals surface area contributed by atoms with Gasteiger partial charge in [0.25, 0.3) is 0 Å².